The molecule has 2 rings (SSSR count). The summed E-state index contributed by atoms with van der Waals surface area (Å²) in [5, 5.41) is 0. The van der Waals surface area contributed by atoms with E-state index in [4.69, 9.17) is 0 Å². The van der Waals surface area contributed by atoms with E-state index in [-0.39, 0.29) is 5.82 Å². The minimum Gasteiger partial charge on any atom is -0.269 e. The van der Waals surface area contributed by atoms with Gasteiger partial charge in [-0.25, -0.2) is 4.98 Å². The highest BCUT2D eigenvalue weighted by molar-refractivity contribution is 6.90. The standard InChI is InChI=1S/C22H27F3N2OSi/c1-15(2)29(16(3)4,17(5)6)13-11-19-8-7-9-21(28)27(19)20-14-18(10-12-26-20)22(23,24)25/h7-10,12,14-17H,1-6H3. The molecule has 0 unspecified atom stereocenters. The summed E-state index contributed by atoms with van der Waals surface area (Å²) in [7, 11) is -2.07. The molecule has 0 N–H and O–H groups in total. The van der Waals surface area contributed by atoms with Crippen molar-refractivity contribution in [3.05, 3.63) is 58.1 Å². The zero-order valence-corrected chi connectivity index (χ0v) is 18.6. The van der Waals surface area contributed by atoms with Gasteiger partial charge in [0.15, 0.2) is 0 Å². The topological polar surface area (TPSA) is 34.9 Å². The summed E-state index contributed by atoms with van der Waals surface area (Å²) in [6.45, 7) is 13.0. The Morgan fingerprint density at radius 1 is 1.00 bits per heavy atom. The Morgan fingerprint density at radius 3 is 2.10 bits per heavy atom. The van der Waals surface area contributed by atoms with Gasteiger partial charge < -0.3 is 0 Å². The van der Waals surface area contributed by atoms with Crippen LogP contribution in [0.15, 0.2) is 41.3 Å². The third-order valence-electron chi connectivity index (χ3n) is 5.53. The van der Waals surface area contributed by atoms with Crippen LogP contribution in [-0.2, 0) is 6.18 Å². The second kappa shape index (κ2) is 8.58. The molecule has 29 heavy (non-hydrogen) atoms. The number of rotatable bonds is 4. The monoisotopic (exact) mass is 420 g/mol. The van der Waals surface area contributed by atoms with Crippen molar-refractivity contribution in [3.8, 4) is 17.3 Å². The average Bonchev–Trinajstić information content (AvgIpc) is 2.60. The largest absolute Gasteiger partial charge is 0.416 e. The number of hydrogen-bond donors (Lipinski definition) is 0. The number of alkyl halides is 3. The minimum absolute atomic E-state index is 0.0827. The van der Waals surface area contributed by atoms with Crippen LogP contribution in [0, 0.1) is 11.5 Å². The average molecular weight is 421 g/mol. The molecule has 0 fully saturated rings. The molecule has 2 heterocycles. The van der Waals surface area contributed by atoms with Crippen molar-refractivity contribution in [3.63, 3.8) is 0 Å². The van der Waals surface area contributed by atoms with Crippen molar-refractivity contribution in [2.24, 2.45) is 0 Å². The zero-order valence-electron chi connectivity index (χ0n) is 17.6. The number of hydrogen-bond acceptors (Lipinski definition) is 2. The van der Waals surface area contributed by atoms with Gasteiger partial charge in [-0.05, 0) is 34.8 Å². The van der Waals surface area contributed by atoms with Crippen molar-refractivity contribution in [1.29, 1.82) is 0 Å². The first-order valence-electron chi connectivity index (χ1n) is 9.70. The van der Waals surface area contributed by atoms with Gasteiger partial charge in [0.1, 0.15) is 19.6 Å². The lowest BCUT2D eigenvalue weighted by Gasteiger charge is -2.38. The summed E-state index contributed by atoms with van der Waals surface area (Å²) in [6, 6.07) is 6.28. The second-order valence-corrected chi connectivity index (χ2v) is 13.7. The van der Waals surface area contributed by atoms with Crippen LogP contribution in [0.4, 0.5) is 13.2 Å². The van der Waals surface area contributed by atoms with Gasteiger partial charge in [0.2, 0.25) is 0 Å². The number of nitrogens with zero attached hydrogens (tertiary/aromatic N) is 2. The molecule has 7 heteroatoms. The van der Waals surface area contributed by atoms with E-state index in [9.17, 15) is 18.0 Å². The molecule has 2 aromatic heterocycles. The third kappa shape index (κ3) is 4.64. The lowest BCUT2D eigenvalue weighted by atomic mass is 10.2. The van der Waals surface area contributed by atoms with Gasteiger partial charge in [0.05, 0.1) is 5.56 Å². The summed E-state index contributed by atoms with van der Waals surface area (Å²) >= 11 is 0. The Morgan fingerprint density at radius 2 is 1.59 bits per heavy atom. The van der Waals surface area contributed by atoms with Crippen LogP contribution in [0.2, 0.25) is 16.6 Å². The molecule has 0 saturated heterocycles. The summed E-state index contributed by atoms with van der Waals surface area (Å²) in [6.07, 6.45) is -3.46. The van der Waals surface area contributed by atoms with Crippen molar-refractivity contribution < 1.29 is 13.2 Å². The number of pyridine rings is 2. The van der Waals surface area contributed by atoms with E-state index in [1.165, 1.54) is 6.07 Å². The molecule has 156 valence electrons. The lowest BCUT2D eigenvalue weighted by molar-refractivity contribution is -0.137. The highest BCUT2D eigenvalue weighted by atomic mass is 28.3. The fourth-order valence-corrected chi connectivity index (χ4v) is 9.36. The van der Waals surface area contributed by atoms with Crippen LogP contribution in [0.1, 0.15) is 52.8 Å². The van der Waals surface area contributed by atoms with Gasteiger partial charge in [-0.3, -0.25) is 9.36 Å². The van der Waals surface area contributed by atoms with Crippen LogP contribution in [0.5, 0.6) is 0 Å². The molecule has 0 radical (unpaired) electrons. The smallest absolute Gasteiger partial charge is 0.269 e. The fourth-order valence-electron chi connectivity index (χ4n) is 4.15. The van der Waals surface area contributed by atoms with Crippen LogP contribution >= 0.6 is 0 Å². The Bertz CT molecular complexity index is 960. The predicted octanol–water partition coefficient (Wildman–Crippen LogP) is 5.82. The summed E-state index contributed by atoms with van der Waals surface area (Å²) < 4.78 is 40.5. The van der Waals surface area contributed by atoms with Crippen molar-refractivity contribution in [1.82, 2.24) is 9.55 Å². The maximum absolute atomic E-state index is 13.1. The molecular weight excluding hydrogens is 393 g/mol. The van der Waals surface area contributed by atoms with E-state index in [2.05, 4.69) is 58.0 Å². The fraction of sp³-hybridized carbons (Fsp3) is 0.455. The van der Waals surface area contributed by atoms with E-state index in [0.29, 0.717) is 22.3 Å². The van der Waals surface area contributed by atoms with E-state index in [1.54, 1.807) is 12.1 Å². The maximum Gasteiger partial charge on any atom is 0.416 e. The first-order valence-corrected chi connectivity index (χ1v) is 11.9. The number of halogens is 3. The Kier molecular flexibility index (Phi) is 6.79. The molecule has 0 amide bonds. The van der Waals surface area contributed by atoms with Crippen LogP contribution in [0.3, 0.4) is 0 Å². The van der Waals surface area contributed by atoms with Gasteiger partial charge in [-0.2, -0.15) is 13.2 Å². The molecule has 0 aliphatic heterocycles. The first kappa shape index (κ1) is 23.0. The van der Waals surface area contributed by atoms with Crippen LogP contribution in [-0.4, -0.2) is 17.6 Å². The van der Waals surface area contributed by atoms with E-state index in [1.807, 2.05) is 0 Å². The van der Waals surface area contributed by atoms with Crippen LogP contribution in [0.25, 0.3) is 5.82 Å². The minimum atomic E-state index is -4.52. The van der Waals surface area contributed by atoms with Gasteiger partial charge in [-0.1, -0.05) is 53.5 Å². The molecular formula is C22H27F3N2OSi. The molecule has 0 spiro atoms. The summed E-state index contributed by atoms with van der Waals surface area (Å²) in [4.78, 5) is 16.5. The van der Waals surface area contributed by atoms with E-state index in [0.717, 1.165) is 22.9 Å². The SMILES string of the molecule is CC(C)[Si](C#Cc1cccc(=O)n1-c1cc(C(F)(F)F)ccn1)(C(C)C)C(C)C. The van der Waals surface area contributed by atoms with Crippen molar-refractivity contribution in [2.45, 2.75) is 64.3 Å². The predicted molar refractivity (Wildman–Crippen MR) is 113 cm³/mol. The van der Waals surface area contributed by atoms with Gasteiger partial charge in [0.25, 0.3) is 5.56 Å². The summed E-state index contributed by atoms with van der Waals surface area (Å²) in [5.41, 5.74) is 3.72. The molecule has 0 aliphatic carbocycles. The van der Waals surface area contributed by atoms with Gasteiger partial charge in [0, 0.05) is 12.3 Å². The normalized spacial score (nSPS) is 12.4. The van der Waals surface area contributed by atoms with Crippen LogP contribution < -0.4 is 5.56 Å². The molecule has 0 aliphatic rings. The Labute approximate surface area is 171 Å². The highest BCUT2D eigenvalue weighted by Gasteiger charge is 2.41. The molecule has 2 aromatic rings. The molecule has 0 saturated carbocycles. The molecule has 3 nitrogen and oxygen atoms in total. The van der Waals surface area contributed by atoms with E-state index >= 15 is 0 Å². The number of aromatic nitrogens is 2. The second-order valence-electron chi connectivity index (χ2n) is 8.13. The van der Waals surface area contributed by atoms with Gasteiger partial charge in [-0.15, -0.1) is 5.54 Å². The van der Waals surface area contributed by atoms with Crippen molar-refractivity contribution in [2.75, 3.05) is 0 Å². The Hall–Kier alpha value is -2.33. The summed E-state index contributed by atoms with van der Waals surface area (Å²) in [5.74, 6) is 3.07. The first-order chi connectivity index (χ1) is 13.4. The zero-order chi connectivity index (χ0) is 22.0. The molecule has 0 aromatic carbocycles. The quantitative estimate of drug-likeness (QED) is 0.461. The highest BCUT2D eigenvalue weighted by Crippen LogP contribution is 2.40. The lowest BCUT2D eigenvalue weighted by Crippen LogP contribution is -2.43. The molecule has 0 atom stereocenters. The van der Waals surface area contributed by atoms with E-state index < -0.39 is 25.4 Å². The molecule has 0 bridgehead atoms. The maximum atomic E-state index is 13.1. The van der Waals surface area contributed by atoms with Gasteiger partial charge >= 0.3 is 6.18 Å². The Balaban J connectivity index is 2.70. The third-order valence-corrected chi connectivity index (χ3v) is 11.8. The van der Waals surface area contributed by atoms with Crippen molar-refractivity contribution >= 4 is 8.07 Å².